The van der Waals surface area contributed by atoms with Crippen LogP contribution in [0.15, 0.2) is 53.1 Å². The second-order valence-corrected chi connectivity index (χ2v) is 9.85. The Morgan fingerprint density at radius 1 is 1.08 bits per heavy atom. The zero-order chi connectivity index (χ0) is 25.6. The van der Waals surface area contributed by atoms with Crippen LogP contribution in [0.5, 0.6) is 17.2 Å². The van der Waals surface area contributed by atoms with Gasteiger partial charge in [-0.2, -0.15) is 0 Å². The first-order chi connectivity index (χ1) is 18.1. The third kappa shape index (κ3) is 6.07. The summed E-state index contributed by atoms with van der Waals surface area (Å²) in [5.41, 5.74) is 3.26. The lowest BCUT2D eigenvalue weighted by molar-refractivity contribution is -0.133. The molecular weight excluding hydrogens is 470 g/mol. The molecule has 2 atom stereocenters. The molecule has 0 aliphatic carbocycles. The predicted octanol–water partition coefficient (Wildman–Crippen LogP) is 4.01. The molecule has 2 aliphatic heterocycles. The molecule has 3 heterocycles. The number of rotatable bonds is 9. The van der Waals surface area contributed by atoms with E-state index in [1.165, 1.54) is 5.56 Å². The number of methoxy groups -OCH3 is 2. The van der Waals surface area contributed by atoms with E-state index >= 15 is 0 Å². The fourth-order valence-electron chi connectivity index (χ4n) is 5.39. The third-order valence-electron chi connectivity index (χ3n) is 7.48. The molecule has 37 heavy (non-hydrogen) atoms. The maximum absolute atomic E-state index is 13.4. The minimum atomic E-state index is 0.217. The van der Waals surface area contributed by atoms with Gasteiger partial charge in [0.2, 0.25) is 5.91 Å². The smallest absolute Gasteiger partial charge is 0.223 e. The summed E-state index contributed by atoms with van der Waals surface area (Å²) in [6.07, 6.45) is 3.13. The summed E-state index contributed by atoms with van der Waals surface area (Å²) in [7, 11) is 3.29. The fourth-order valence-corrected chi connectivity index (χ4v) is 5.39. The van der Waals surface area contributed by atoms with Crippen molar-refractivity contribution in [2.45, 2.75) is 38.8 Å². The number of fused-ring (bicyclic) bond motifs is 1. The third-order valence-corrected chi connectivity index (χ3v) is 7.48. The molecule has 5 rings (SSSR count). The predicted molar refractivity (Wildman–Crippen MR) is 139 cm³/mol. The van der Waals surface area contributed by atoms with E-state index in [4.69, 9.17) is 18.7 Å². The molecule has 2 aliphatic rings. The molecule has 0 spiro atoms. The van der Waals surface area contributed by atoms with Crippen molar-refractivity contribution in [1.82, 2.24) is 15.4 Å². The Morgan fingerprint density at radius 2 is 1.86 bits per heavy atom. The number of para-hydroxylation sites is 1. The Morgan fingerprint density at radius 3 is 2.65 bits per heavy atom. The summed E-state index contributed by atoms with van der Waals surface area (Å²) >= 11 is 0. The second kappa shape index (κ2) is 11.7. The molecule has 196 valence electrons. The van der Waals surface area contributed by atoms with E-state index in [2.05, 4.69) is 10.5 Å². The monoisotopic (exact) mass is 505 g/mol. The number of carbonyl (C=O) groups excluding carboxylic acids is 1. The molecule has 1 aromatic heterocycles. The number of amides is 1. The quantitative estimate of drug-likeness (QED) is 0.470. The Hall–Kier alpha value is -3.52. The maximum atomic E-state index is 13.4. The average Bonchev–Trinajstić information content (AvgIpc) is 3.39. The first-order valence-corrected chi connectivity index (χ1v) is 13.0. The highest BCUT2D eigenvalue weighted by atomic mass is 16.5. The van der Waals surface area contributed by atoms with Crippen LogP contribution in [0.4, 0.5) is 0 Å². The van der Waals surface area contributed by atoms with Crippen molar-refractivity contribution in [3.8, 4) is 17.2 Å². The topological polar surface area (TPSA) is 86.1 Å². The van der Waals surface area contributed by atoms with Gasteiger partial charge in [-0.1, -0.05) is 23.4 Å². The van der Waals surface area contributed by atoms with E-state index in [0.717, 1.165) is 61.7 Å². The minimum absolute atomic E-state index is 0.217. The number of piperidine rings is 1. The molecule has 2 aromatic carbocycles. The second-order valence-electron chi connectivity index (χ2n) is 9.85. The molecule has 1 amide bonds. The molecule has 3 aromatic rings. The number of aromatic nitrogens is 1. The van der Waals surface area contributed by atoms with Crippen molar-refractivity contribution in [3.63, 3.8) is 0 Å². The molecule has 0 bridgehead atoms. The summed E-state index contributed by atoms with van der Waals surface area (Å²) in [4.78, 5) is 15.4. The number of hydrogen-bond donors (Lipinski definition) is 1. The zero-order valence-electron chi connectivity index (χ0n) is 21.6. The van der Waals surface area contributed by atoms with Gasteiger partial charge in [-0.25, -0.2) is 0 Å². The maximum Gasteiger partial charge on any atom is 0.223 e. The van der Waals surface area contributed by atoms with Crippen molar-refractivity contribution in [1.29, 1.82) is 0 Å². The highest BCUT2D eigenvalue weighted by molar-refractivity contribution is 5.77. The largest absolute Gasteiger partial charge is 0.493 e. The normalized spacial score (nSPS) is 19.2. The first-order valence-electron chi connectivity index (χ1n) is 13.0. The van der Waals surface area contributed by atoms with Crippen LogP contribution in [0.1, 0.15) is 35.4 Å². The number of nitrogens with one attached hydrogen (secondary N) is 1. The van der Waals surface area contributed by atoms with Crippen molar-refractivity contribution in [2.24, 2.45) is 11.8 Å². The summed E-state index contributed by atoms with van der Waals surface area (Å²) in [5.74, 6) is 3.79. The van der Waals surface area contributed by atoms with Gasteiger partial charge in [-0.15, -0.1) is 0 Å². The average molecular weight is 506 g/mol. The van der Waals surface area contributed by atoms with Gasteiger partial charge < -0.3 is 29.0 Å². The van der Waals surface area contributed by atoms with Crippen molar-refractivity contribution in [2.75, 3.05) is 33.9 Å². The highest BCUT2D eigenvalue weighted by Crippen LogP contribution is 2.34. The molecule has 0 saturated carbocycles. The van der Waals surface area contributed by atoms with Crippen LogP contribution in [-0.2, 0) is 30.8 Å². The Kier molecular flexibility index (Phi) is 7.94. The van der Waals surface area contributed by atoms with E-state index in [1.54, 1.807) is 14.2 Å². The number of hydrogen-bond acceptors (Lipinski definition) is 7. The van der Waals surface area contributed by atoms with Crippen LogP contribution in [-0.4, -0.2) is 49.8 Å². The van der Waals surface area contributed by atoms with Gasteiger partial charge in [-0.05, 0) is 79.6 Å². The van der Waals surface area contributed by atoms with Gasteiger partial charge in [0.15, 0.2) is 17.3 Å². The lowest BCUT2D eigenvalue weighted by Crippen LogP contribution is -2.42. The van der Waals surface area contributed by atoms with E-state index < -0.39 is 0 Å². The molecule has 1 N–H and O–H groups in total. The van der Waals surface area contributed by atoms with Gasteiger partial charge >= 0.3 is 0 Å². The van der Waals surface area contributed by atoms with Gasteiger partial charge in [0.05, 0.1) is 19.9 Å². The molecule has 8 heteroatoms. The van der Waals surface area contributed by atoms with E-state index in [1.807, 2.05) is 53.4 Å². The Bertz CT molecular complexity index is 1200. The minimum Gasteiger partial charge on any atom is -0.493 e. The summed E-state index contributed by atoms with van der Waals surface area (Å²) in [5, 5.41) is 7.78. The van der Waals surface area contributed by atoms with Crippen molar-refractivity contribution < 1.29 is 23.5 Å². The van der Waals surface area contributed by atoms with Crippen LogP contribution in [0.3, 0.4) is 0 Å². The Labute approximate surface area is 217 Å². The number of nitrogens with zero attached hydrogens (tertiary/aromatic N) is 2. The molecule has 0 radical (unpaired) electrons. The summed E-state index contributed by atoms with van der Waals surface area (Å²) < 4.78 is 22.2. The van der Waals surface area contributed by atoms with Gasteiger partial charge in [0.1, 0.15) is 12.4 Å². The molecule has 1 saturated heterocycles. The molecule has 0 unspecified atom stereocenters. The lowest BCUT2D eigenvalue weighted by atomic mass is 9.80. The van der Waals surface area contributed by atoms with E-state index in [-0.39, 0.29) is 5.91 Å². The summed E-state index contributed by atoms with van der Waals surface area (Å²) in [6.45, 7) is 3.49. The van der Waals surface area contributed by atoms with E-state index in [0.29, 0.717) is 42.9 Å². The van der Waals surface area contributed by atoms with Crippen molar-refractivity contribution in [3.05, 3.63) is 71.1 Å². The first kappa shape index (κ1) is 25.1. The molecule has 1 fully saturated rings. The lowest BCUT2D eigenvalue weighted by Gasteiger charge is -2.35. The SMILES string of the molecule is COc1cc2c(cc1OC)CN(C(=O)C[C@H]1CCNC[C@@H]1Cc1cc(COc3ccccc3)on1)CC2. The highest BCUT2D eigenvalue weighted by Gasteiger charge is 2.31. The van der Waals surface area contributed by atoms with Gasteiger partial charge in [0, 0.05) is 25.6 Å². The van der Waals surface area contributed by atoms with Gasteiger partial charge in [0.25, 0.3) is 0 Å². The van der Waals surface area contributed by atoms with Crippen LogP contribution in [0.2, 0.25) is 0 Å². The van der Waals surface area contributed by atoms with Crippen molar-refractivity contribution >= 4 is 5.91 Å². The van der Waals surface area contributed by atoms with Gasteiger partial charge in [-0.3, -0.25) is 4.79 Å². The molecular formula is C29H35N3O5. The fraction of sp³-hybridized carbons (Fsp3) is 0.448. The van der Waals surface area contributed by atoms with Crippen LogP contribution in [0.25, 0.3) is 0 Å². The van der Waals surface area contributed by atoms with Crippen LogP contribution < -0.4 is 19.5 Å². The number of carbonyl (C=O) groups is 1. The number of ether oxygens (including phenoxy) is 3. The Balaban J connectivity index is 1.18. The standard InChI is InChI=1S/C29H35N3O5/c1-34-27-13-21-9-11-32(18-23(21)14-28(27)35-2)29(33)15-20-8-10-30-17-22(20)12-24-16-26(37-31-24)19-36-25-6-4-3-5-7-25/h3-7,13-14,16,20,22,30H,8-12,15,17-19H2,1-2H3/t20-,22+/m1/s1. The van der Waals surface area contributed by atoms with Crippen LogP contribution >= 0.6 is 0 Å². The van der Waals surface area contributed by atoms with Crippen LogP contribution in [0, 0.1) is 11.8 Å². The molecule has 8 nitrogen and oxygen atoms in total. The summed E-state index contributed by atoms with van der Waals surface area (Å²) in [6, 6.07) is 15.7. The zero-order valence-corrected chi connectivity index (χ0v) is 21.6. The van der Waals surface area contributed by atoms with E-state index in [9.17, 15) is 4.79 Å². The number of benzene rings is 2.